The molecule has 0 atom stereocenters. The van der Waals surface area contributed by atoms with Gasteiger partial charge in [0.1, 0.15) is 0 Å². The first-order chi connectivity index (χ1) is 9.33. The van der Waals surface area contributed by atoms with Crippen molar-refractivity contribution >= 4 is 11.9 Å². The highest BCUT2D eigenvalue weighted by atomic mass is 16.5. The van der Waals surface area contributed by atoms with E-state index in [-0.39, 0.29) is 0 Å². The maximum atomic E-state index is 4.98. The molecule has 2 N–H and O–H groups in total. The number of nitrogens with one attached hydrogen (secondary N) is 2. The Labute approximate surface area is 111 Å². The van der Waals surface area contributed by atoms with Gasteiger partial charge < -0.3 is 15.4 Å². The normalized spacial score (nSPS) is 10.4. The van der Waals surface area contributed by atoms with Crippen LogP contribution in [0.3, 0.4) is 0 Å². The van der Waals surface area contributed by atoms with Crippen molar-refractivity contribution < 1.29 is 4.74 Å². The van der Waals surface area contributed by atoms with Crippen LogP contribution in [0.4, 0.5) is 11.9 Å². The fourth-order valence-electron chi connectivity index (χ4n) is 1.44. The van der Waals surface area contributed by atoms with Gasteiger partial charge >= 0.3 is 0 Å². The Morgan fingerprint density at radius 1 is 1.21 bits per heavy atom. The van der Waals surface area contributed by atoms with Gasteiger partial charge in [0.05, 0.1) is 6.61 Å². The van der Waals surface area contributed by atoms with Crippen LogP contribution in [0.1, 0.15) is 6.92 Å². The fourth-order valence-corrected chi connectivity index (χ4v) is 1.44. The maximum absolute atomic E-state index is 4.98. The lowest BCUT2D eigenvalue weighted by Crippen LogP contribution is -2.15. The number of anilines is 2. The van der Waals surface area contributed by atoms with Crippen molar-refractivity contribution in [3.8, 4) is 5.95 Å². The fraction of sp³-hybridized carbons (Fsp3) is 0.455. The summed E-state index contributed by atoms with van der Waals surface area (Å²) in [4.78, 5) is 12.9. The van der Waals surface area contributed by atoms with Crippen LogP contribution in [0.5, 0.6) is 0 Å². The Hall–Kier alpha value is -2.22. The SMILES string of the molecule is CCNc1nc(NCCOC)nc(-n2cccn2)n1. The third kappa shape index (κ3) is 3.62. The molecule has 0 aliphatic heterocycles. The minimum atomic E-state index is 0.468. The second-order valence-corrected chi connectivity index (χ2v) is 3.68. The average Bonchev–Trinajstić information content (AvgIpc) is 2.93. The summed E-state index contributed by atoms with van der Waals surface area (Å²) in [5.41, 5.74) is 0. The van der Waals surface area contributed by atoms with E-state index in [4.69, 9.17) is 4.74 Å². The number of hydrogen-bond acceptors (Lipinski definition) is 7. The van der Waals surface area contributed by atoms with Crippen molar-refractivity contribution in [1.82, 2.24) is 24.7 Å². The Kier molecular flexibility index (Phi) is 4.62. The first-order valence-electron chi connectivity index (χ1n) is 6.06. The van der Waals surface area contributed by atoms with Crippen LogP contribution in [0.15, 0.2) is 18.5 Å². The van der Waals surface area contributed by atoms with Gasteiger partial charge in [-0.2, -0.15) is 20.1 Å². The lowest BCUT2D eigenvalue weighted by molar-refractivity contribution is 0.210. The second kappa shape index (κ2) is 6.64. The molecule has 0 saturated heterocycles. The molecule has 0 amide bonds. The average molecular weight is 263 g/mol. The molecule has 0 aliphatic rings. The molecule has 0 bridgehead atoms. The molecule has 19 heavy (non-hydrogen) atoms. The summed E-state index contributed by atoms with van der Waals surface area (Å²) >= 11 is 0. The number of aromatic nitrogens is 5. The highest BCUT2D eigenvalue weighted by molar-refractivity contribution is 5.37. The molecule has 102 valence electrons. The van der Waals surface area contributed by atoms with E-state index in [1.807, 2.05) is 13.0 Å². The van der Waals surface area contributed by atoms with Gasteiger partial charge in [0.15, 0.2) is 0 Å². The zero-order chi connectivity index (χ0) is 13.5. The molecule has 2 heterocycles. The van der Waals surface area contributed by atoms with Crippen LogP contribution < -0.4 is 10.6 Å². The van der Waals surface area contributed by atoms with E-state index >= 15 is 0 Å². The van der Waals surface area contributed by atoms with E-state index in [1.165, 1.54) is 0 Å². The van der Waals surface area contributed by atoms with Crippen molar-refractivity contribution in [2.45, 2.75) is 6.92 Å². The third-order valence-electron chi connectivity index (χ3n) is 2.26. The molecule has 2 aromatic rings. The van der Waals surface area contributed by atoms with Gasteiger partial charge in [-0.3, -0.25) is 0 Å². The van der Waals surface area contributed by atoms with Crippen molar-refractivity contribution in [3.05, 3.63) is 18.5 Å². The van der Waals surface area contributed by atoms with E-state index in [1.54, 1.807) is 24.2 Å². The van der Waals surface area contributed by atoms with Crippen LogP contribution in [-0.4, -0.2) is 51.5 Å². The third-order valence-corrected chi connectivity index (χ3v) is 2.26. The summed E-state index contributed by atoms with van der Waals surface area (Å²) < 4.78 is 6.56. The number of nitrogens with zero attached hydrogens (tertiary/aromatic N) is 5. The minimum Gasteiger partial charge on any atom is -0.383 e. The summed E-state index contributed by atoms with van der Waals surface area (Å²) in [6.45, 7) is 3.93. The predicted octanol–water partition coefficient (Wildman–Crippen LogP) is 0.547. The molecule has 8 heteroatoms. The monoisotopic (exact) mass is 263 g/mol. The van der Waals surface area contributed by atoms with E-state index < -0.39 is 0 Å². The van der Waals surface area contributed by atoms with Crippen LogP contribution in [0.25, 0.3) is 5.95 Å². The first kappa shape index (κ1) is 13.2. The van der Waals surface area contributed by atoms with Gasteiger partial charge in [-0.15, -0.1) is 0 Å². The Balaban J connectivity index is 2.22. The highest BCUT2D eigenvalue weighted by Crippen LogP contribution is 2.08. The number of rotatable bonds is 7. The molecular weight excluding hydrogens is 246 g/mol. The molecule has 2 rings (SSSR count). The van der Waals surface area contributed by atoms with Crippen LogP contribution in [0.2, 0.25) is 0 Å². The summed E-state index contributed by atoms with van der Waals surface area (Å²) in [5.74, 6) is 1.48. The summed E-state index contributed by atoms with van der Waals surface area (Å²) in [5, 5.41) is 10.3. The zero-order valence-electron chi connectivity index (χ0n) is 11.0. The topological polar surface area (TPSA) is 89.8 Å². The Bertz CT molecular complexity index is 500. The number of hydrogen-bond donors (Lipinski definition) is 2. The van der Waals surface area contributed by atoms with Gasteiger partial charge in [-0.05, 0) is 13.0 Å². The van der Waals surface area contributed by atoms with E-state index in [9.17, 15) is 0 Å². The largest absolute Gasteiger partial charge is 0.383 e. The molecule has 0 spiro atoms. The molecule has 8 nitrogen and oxygen atoms in total. The molecule has 0 fully saturated rings. The van der Waals surface area contributed by atoms with Gasteiger partial charge in [0.2, 0.25) is 11.9 Å². The molecule has 0 aromatic carbocycles. The first-order valence-corrected chi connectivity index (χ1v) is 6.06. The molecule has 0 saturated carbocycles. The van der Waals surface area contributed by atoms with Crippen LogP contribution >= 0.6 is 0 Å². The summed E-state index contributed by atoms with van der Waals surface area (Å²) in [7, 11) is 1.65. The standard InChI is InChI=1S/C11H17N7O/c1-3-12-9-15-10(13-6-8-19-2)17-11(16-9)18-7-4-5-14-18/h4-5,7H,3,6,8H2,1-2H3,(H2,12,13,15,16,17). The van der Waals surface area contributed by atoms with E-state index in [0.29, 0.717) is 31.0 Å². The molecule has 0 aliphatic carbocycles. The maximum Gasteiger partial charge on any atom is 0.257 e. The Morgan fingerprint density at radius 3 is 2.63 bits per heavy atom. The highest BCUT2D eigenvalue weighted by Gasteiger charge is 2.07. The summed E-state index contributed by atoms with van der Waals surface area (Å²) in [6, 6.07) is 1.81. The van der Waals surface area contributed by atoms with Crippen molar-refractivity contribution in [2.75, 3.05) is 37.4 Å². The van der Waals surface area contributed by atoms with Crippen molar-refractivity contribution in [3.63, 3.8) is 0 Å². The van der Waals surface area contributed by atoms with Crippen molar-refractivity contribution in [2.24, 2.45) is 0 Å². The Morgan fingerprint density at radius 2 is 2.00 bits per heavy atom. The van der Waals surface area contributed by atoms with Crippen LogP contribution in [0, 0.1) is 0 Å². The lowest BCUT2D eigenvalue weighted by Gasteiger charge is -2.08. The smallest absolute Gasteiger partial charge is 0.257 e. The van der Waals surface area contributed by atoms with E-state index in [0.717, 1.165) is 6.54 Å². The minimum absolute atomic E-state index is 0.468. The van der Waals surface area contributed by atoms with Gasteiger partial charge in [0.25, 0.3) is 5.95 Å². The predicted molar refractivity (Wildman–Crippen MR) is 71.5 cm³/mol. The van der Waals surface area contributed by atoms with Gasteiger partial charge in [-0.25, -0.2) is 4.68 Å². The quantitative estimate of drug-likeness (QED) is 0.705. The van der Waals surface area contributed by atoms with Crippen LogP contribution in [-0.2, 0) is 4.74 Å². The van der Waals surface area contributed by atoms with Crippen molar-refractivity contribution in [1.29, 1.82) is 0 Å². The van der Waals surface area contributed by atoms with Gasteiger partial charge in [0, 0.05) is 32.6 Å². The molecule has 2 aromatic heterocycles. The van der Waals surface area contributed by atoms with E-state index in [2.05, 4.69) is 30.7 Å². The lowest BCUT2D eigenvalue weighted by atomic mass is 10.6. The molecule has 0 unspecified atom stereocenters. The number of ether oxygens (including phenoxy) is 1. The zero-order valence-corrected chi connectivity index (χ0v) is 11.0. The number of methoxy groups -OCH3 is 1. The molecular formula is C11H17N7O. The second-order valence-electron chi connectivity index (χ2n) is 3.68. The summed E-state index contributed by atoms with van der Waals surface area (Å²) in [6.07, 6.45) is 3.46. The van der Waals surface area contributed by atoms with Gasteiger partial charge in [-0.1, -0.05) is 0 Å². The molecule has 0 radical (unpaired) electrons.